The van der Waals surface area contributed by atoms with Crippen LogP contribution in [0, 0.1) is 0 Å². The van der Waals surface area contributed by atoms with Crippen LogP contribution < -0.4 is 15.4 Å². The third kappa shape index (κ3) is 6.45. The van der Waals surface area contributed by atoms with Gasteiger partial charge in [0.2, 0.25) is 5.91 Å². The number of carbonyl (C=O) groups excluding carboxylic acids is 1. The summed E-state index contributed by atoms with van der Waals surface area (Å²) in [6.07, 6.45) is 1.85. The molecule has 0 unspecified atom stereocenters. The molecule has 0 aromatic heterocycles. The minimum atomic E-state index is -3.41. The zero-order valence-electron chi connectivity index (χ0n) is 13.7. The summed E-state index contributed by atoms with van der Waals surface area (Å²) in [6.45, 7) is 3.74. The van der Waals surface area contributed by atoms with Gasteiger partial charge in [-0.1, -0.05) is 6.07 Å². The minimum Gasteiger partial charge on any atom is -0.493 e. The molecule has 0 spiro atoms. The molecule has 0 aliphatic carbocycles. The van der Waals surface area contributed by atoms with Crippen molar-refractivity contribution >= 4 is 21.4 Å². The Hall–Kier alpha value is -1.80. The molecule has 0 heterocycles. The topological polar surface area (TPSA) is 93.7 Å². The number of methoxy groups -OCH3 is 1. The summed E-state index contributed by atoms with van der Waals surface area (Å²) >= 11 is 0. The fraction of sp³-hybridized carbons (Fsp3) is 0.533. The van der Waals surface area contributed by atoms with Crippen molar-refractivity contribution < 1.29 is 22.7 Å². The van der Waals surface area contributed by atoms with Gasteiger partial charge in [-0.25, -0.2) is 8.42 Å². The number of nitrogens with one attached hydrogen (secondary N) is 2. The van der Waals surface area contributed by atoms with Crippen molar-refractivity contribution in [2.75, 3.05) is 45.0 Å². The molecule has 0 aliphatic rings. The Morgan fingerprint density at radius 2 is 2.04 bits per heavy atom. The second kappa shape index (κ2) is 9.36. The van der Waals surface area contributed by atoms with E-state index < -0.39 is 9.84 Å². The molecule has 0 fully saturated rings. The minimum absolute atomic E-state index is 0.0260. The number of benzene rings is 1. The van der Waals surface area contributed by atoms with Crippen LogP contribution in [0.15, 0.2) is 23.1 Å². The molecule has 1 aromatic rings. The zero-order chi connectivity index (χ0) is 17.3. The van der Waals surface area contributed by atoms with Crippen molar-refractivity contribution in [3.8, 4) is 5.75 Å². The average molecular weight is 344 g/mol. The van der Waals surface area contributed by atoms with Gasteiger partial charge in [0.1, 0.15) is 4.90 Å². The summed E-state index contributed by atoms with van der Waals surface area (Å²) in [4.78, 5) is 11.8. The summed E-state index contributed by atoms with van der Waals surface area (Å²) < 4.78 is 33.8. The summed E-state index contributed by atoms with van der Waals surface area (Å²) in [5.74, 6) is 0.0208. The van der Waals surface area contributed by atoms with Gasteiger partial charge in [0.05, 0.1) is 19.3 Å². The number of ether oxygens (including phenoxy) is 2. The molecule has 0 bridgehead atoms. The van der Waals surface area contributed by atoms with Crippen LogP contribution in [0.3, 0.4) is 0 Å². The highest BCUT2D eigenvalue weighted by molar-refractivity contribution is 7.90. The highest BCUT2D eigenvalue weighted by Gasteiger charge is 2.17. The van der Waals surface area contributed by atoms with Crippen molar-refractivity contribution in [2.45, 2.75) is 18.2 Å². The first kappa shape index (κ1) is 19.2. The molecule has 0 radical (unpaired) electrons. The van der Waals surface area contributed by atoms with E-state index in [2.05, 4.69) is 10.6 Å². The van der Waals surface area contributed by atoms with Gasteiger partial charge in [0, 0.05) is 26.0 Å². The molecule has 8 heteroatoms. The Morgan fingerprint density at radius 3 is 2.65 bits per heavy atom. The van der Waals surface area contributed by atoms with Crippen molar-refractivity contribution in [2.24, 2.45) is 0 Å². The predicted octanol–water partition coefficient (Wildman–Crippen LogP) is 1.05. The van der Waals surface area contributed by atoms with E-state index >= 15 is 0 Å². The maximum Gasteiger partial charge on any atom is 0.239 e. The van der Waals surface area contributed by atoms with Crippen LogP contribution in [0.5, 0.6) is 5.75 Å². The lowest BCUT2D eigenvalue weighted by molar-refractivity contribution is -0.119. The van der Waals surface area contributed by atoms with Gasteiger partial charge in [-0.3, -0.25) is 4.79 Å². The molecule has 1 amide bonds. The first-order valence-electron chi connectivity index (χ1n) is 7.35. The molecule has 1 rings (SSSR count). The predicted molar refractivity (Wildman–Crippen MR) is 88.7 cm³/mol. The lowest BCUT2D eigenvalue weighted by Crippen LogP contribution is -2.31. The number of para-hydroxylation sites is 1. The van der Waals surface area contributed by atoms with Crippen LogP contribution in [0.1, 0.15) is 13.3 Å². The van der Waals surface area contributed by atoms with Crippen molar-refractivity contribution in [3.63, 3.8) is 0 Å². The highest BCUT2D eigenvalue weighted by Crippen LogP contribution is 2.31. The number of anilines is 1. The Balaban J connectivity index is 2.59. The lowest BCUT2D eigenvalue weighted by atomic mass is 10.3. The smallest absolute Gasteiger partial charge is 0.239 e. The molecule has 0 aliphatic heterocycles. The van der Waals surface area contributed by atoms with Crippen LogP contribution in [0.2, 0.25) is 0 Å². The molecule has 7 nitrogen and oxygen atoms in total. The van der Waals surface area contributed by atoms with Crippen molar-refractivity contribution in [1.82, 2.24) is 5.32 Å². The number of carbonyl (C=O) groups is 1. The van der Waals surface area contributed by atoms with Gasteiger partial charge < -0.3 is 20.1 Å². The summed E-state index contributed by atoms with van der Waals surface area (Å²) in [5, 5.41) is 5.65. The molecule has 130 valence electrons. The third-order valence-corrected chi connectivity index (χ3v) is 4.13. The largest absolute Gasteiger partial charge is 0.493 e. The summed E-state index contributed by atoms with van der Waals surface area (Å²) in [5.41, 5.74) is 0.458. The van der Waals surface area contributed by atoms with E-state index in [0.29, 0.717) is 25.4 Å². The number of hydrogen-bond acceptors (Lipinski definition) is 6. The normalized spacial score (nSPS) is 11.1. The van der Waals surface area contributed by atoms with Crippen molar-refractivity contribution in [3.05, 3.63) is 18.2 Å². The Kier molecular flexibility index (Phi) is 7.84. The van der Waals surface area contributed by atoms with Crippen LogP contribution >= 0.6 is 0 Å². The fourth-order valence-electron chi connectivity index (χ4n) is 1.94. The second-order valence-electron chi connectivity index (χ2n) is 4.86. The lowest BCUT2D eigenvalue weighted by Gasteiger charge is -2.14. The monoisotopic (exact) mass is 344 g/mol. The molecule has 1 aromatic carbocycles. The van der Waals surface area contributed by atoms with Crippen LogP contribution in [0.25, 0.3) is 0 Å². The van der Waals surface area contributed by atoms with Gasteiger partial charge >= 0.3 is 0 Å². The summed E-state index contributed by atoms with van der Waals surface area (Å²) in [7, 11) is -2.02. The Bertz CT molecular complexity index is 616. The molecule has 0 saturated heterocycles. The van der Waals surface area contributed by atoms with Crippen LogP contribution in [-0.4, -0.2) is 54.0 Å². The standard InChI is InChI=1S/C15H24N2O5S/c1-4-22-10-6-9-16-14(18)11-17-12-7-5-8-13(15(12)21-2)23(3,19)20/h5,7-8,17H,4,6,9-11H2,1-3H3,(H,16,18). The van der Waals surface area contributed by atoms with E-state index in [9.17, 15) is 13.2 Å². The molecular formula is C15H24N2O5S. The SMILES string of the molecule is CCOCCCNC(=O)CNc1cccc(S(C)(=O)=O)c1OC. The van der Waals surface area contributed by atoms with Gasteiger partial charge in [0.25, 0.3) is 0 Å². The highest BCUT2D eigenvalue weighted by atomic mass is 32.2. The van der Waals surface area contributed by atoms with Crippen LogP contribution in [0.4, 0.5) is 5.69 Å². The number of hydrogen-bond donors (Lipinski definition) is 2. The number of sulfone groups is 1. The Labute approximate surface area is 137 Å². The van der Waals surface area contributed by atoms with Gasteiger partial charge in [-0.05, 0) is 25.5 Å². The average Bonchev–Trinajstić information content (AvgIpc) is 2.51. The quantitative estimate of drug-likeness (QED) is 0.616. The van der Waals surface area contributed by atoms with E-state index in [1.807, 2.05) is 6.92 Å². The third-order valence-electron chi connectivity index (χ3n) is 3.01. The molecule has 23 heavy (non-hydrogen) atoms. The van der Waals surface area contributed by atoms with E-state index in [0.717, 1.165) is 12.7 Å². The maximum absolute atomic E-state index is 11.8. The molecule has 0 saturated carbocycles. The number of amides is 1. The van der Waals surface area contributed by atoms with E-state index in [4.69, 9.17) is 9.47 Å². The molecule has 2 N–H and O–H groups in total. The van der Waals surface area contributed by atoms with Gasteiger partial charge in [0.15, 0.2) is 15.6 Å². The molecule has 0 atom stereocenters. The van der Waals surface area contributed by atoms with Gasteiger partial charge in [-0.2, -0.15) is 0 Å². The zero-order valence-corrected chi connectivity index (χ0v) is 14.5. The summed E-state index contributed by atoms with van der Waals surface area (Å²) in [6, 6.07) is 4.73. The Morgan fingerprint density at radius 1 is 1.30 bits per heavy atom. The fourth-order valence-corrected chi connectivity index (χ4v) is 2.80. The first-order valence-corrected chi connectivity index (χ1v) is 9.24. The number of rotatable bonds is 10. The molecular weight excluding hydrogens is 320 g/mol. The van der Waals surface area contributed by atoms with E-state index in [-0.39, 0.29) is 23.1 Å². The first-order chi connectivity index (χ1) is 10.9. The van der Waals surface area contributed by atoms with Gasteiger partial charge in [-0.15, -0.1) is 0 Å². The second-order valence-corrected chi connectivity index (χ2v) is 6.85. The maximum atomic E-state index is 11.8. The van der Waals surface area contributed by atoms with Crippen molar-refractivity contribution in [1.29, 1.82) is 0 Å². The van der Waals surface area contributed by atoms with E-state index in [1.54, 1.807) is 12.1 Å². The van der Waals surface area contributed by atoms with E-state index in [1.165, 1.54) is 13.2 Å². The van der Waals surface area contributed by atoms with Crippen LogP contribution in [-0.2, 0) is 19.4 Å².